The molecule has 1 heterocycles. The lowest BCUT2D eigenvalue weighted by atomic mass is 9.91. The summed E-state index contributed by atoms with van der Waals surface area (Å²) in [6.07, 6.45) is 8.69. The van der Waals surface area contributed by atoms with Crippen LogP contribution in [0.3, 0.4) is 0 Å². The second-order valence-corrected chi connectivity index (χ2v) is 4.90. The minimum absolute atomic E-state index is 0.560. The second kappa shape index (κ2) is 5.90. The maximum absolute atomic E-state index is 3.70. The van der Waals surface area contributed by atoms with E-state index in [1.807, 2.05) is 0 Å². The summed E-state index contributed by atoms with van der Waals surface area (Å²) in [5.41, 5.74) is 4.23. The van der Waals surface area contributed by atoms with Gasteiger partial charge in [0.25, 0.3) is 0 Å². The smallest absolute Gasteiger partial charge is 0.0477 e. The number of nitrogens with one attached hydrogen (secondary N) is 1. The average Bonchev–Trinajstić information content (AvgIpc) is 2.36. The Kier molecular flexibility index (Phi) is 4.24. The number of hydrogen-bond donors (Lipinski definition) is 1. The van der Waals surface area contributed by atoms with Gasteiger partial charge in [0.2, 0.25) is 0 Å². The largest absolute Gasteiger partial charge is 0.378 e. The van der Waals surface area contributed by atoms with Gasteiger partial charge in [0.15, 0.2) is 0 Å². The number of rotatable bonds is 5. The summed E-state index contributed by atoms with van der Waals surface area (Å²) in [6.45, 7) is 4.53. The predicted octanol–water partition coefficient (Wildman–Crippen LogP) is 4.85. The molecule has 1 atom stereocenters. The van der Waals surface area contributed by atoms with Crippen LogP contribution in [0.2, 0.25) is 0 Å². The number of unbranched alkanes of at least 4 members (excludes halogenated alkanes) is 1. The Morgan fingerprint density at radius 1 is 1.12 bits per heavy atom. The average molecular weight is 229 g/mol. The van der Waals surface area contributed by atoms with Gasteiger partial charge in [-0.2, -0.15) is 0 Å². The molecule has 0 radical (unpaired) electrons. The highest BCUT2D eigenvalue weighted by Crippen LogP contribution is 2.30. The van der Waals surface area contributed by atoms with Crippen molar-refractivity contribution in [3.05, 3.63) is 35.4 Å². The molecule has 2 rings (SSSR count). The van der Waals surface area contributed by atoms with E-state index >= 15 is 0 Å². The van der Waals surface area contributed by atoms with Crippen LogP contribution in [0.15, 0.2) is 29.8 Å². The number of benzene rings is 1. The van der Waals surface area contributed by atoms with Gasteiger partial charge < -0.3 is 5.32 Å². The van der Waals surface area contributed by atoms with Crippen molar-refractivity contribution in [2.24, 2.45) is 0 Å². The fourth-order valence-electron chi connectivity index (χ4n) is 2.54. The molecule has 0 saturated carbocycles. The molecule has 1 unspecified atom stereocenters. The van der Waals surface area contributed by atoms with Gasteiger partial charge in [-0.1, -0.05) is 57.4 Å². The highest BCUT2D eigenvalue weighted by molar-refractivity contribution is 5.73. The minimum atomic E-state index is 0.560. The van der Waals surface area contributed by atoms with Gasteiger partial charge in [0.1, 0.15) is 0 Å². The van der Waals surface area contributed by atoms with Crippen LogP contribution in [-0.4, -0.2) is 6.04 Å². The van der Waals surface area contributed by atoms with E-state index < -0.39 is 0 Å². The molecule has 1 aliphatic rings. The molecule has 0 fully saturated rings. The molecule has 0 aliphatic carbocycles. The van der Waals surface area contributed by atoms with Crippen LogP contribution >= 0.6 is 0 Å². The van der Waals surface area contributed by atoms with Gasteiger partial charge in [-0.25, -0.2) is 0 Å². The molecular weight excluding hydrogens is 206 g/mol. The lowest BCUT2D eigenvalue weighted by Gasteiger charge is -2.28. The topological polar surface area (TPSA) is 12.0 Å². The molecule has 1 N–H and O–H groups in total. The van der Waals surface area contributed by atoms with Gasteiger partial charge in [-0.15, -0.1) is 0 Å². The zero-order chi connectivity index (χ0) is 12.1. The van der Waals surface area contributed by atoms with Crippen molar-refractivity contribution >= 4 is 11.8 Å². The van der Waals surface area contributed by atoms with Crippen molar-refractivity contribution < 1.29 is 0 Å². The molecule has 0 saturated heterocycles. The first-order chi connectivity index (χ1) is 8.35. The molecule has 1 heteroatoms. The van der Waals surface area contributed by atoms with E-state index in [9.17, 15) is 0 Å². The van der Waals surface area contributed by atoms with Gasteiger partial charge in [-0.3, -0.25) is 0 Å². The Balaban J connectivity index is 2.20. The van der Waals surface area contributed by atoms with Crippen molar-refractivity contribution in [2.75, 3.05) is 5.32 Å². The molecule has 1 nitrogen and oxygen atoms in total. The van der Waals surface area contributed by atoms with Crippen LogP contribution in [0.5, 0.6) is 0 Å². The van der Waals surface area contributed by atoms with Crippen molar-refractivity contribution in [1.82, 2.24) is 0 Å². The fraction of sp³-hybridized carbons (Fsp3) is 0.500. The van der Waals surface area contributed by atoms with E-state index in [4.69, 9.17) is 0 Å². The summed E-state index contributed by atoms with van der Waals surface area (Å²) in [6, 6.07) is 9.18. The van der Waals surface area contributed by atoms with Crippen molar-refractivity contribution in [2.45, 2.75) is 52.0 Å². The second-order valence-electron chi connectivity index (χ2n) is 4.90. The minimum Gasteiger partial charge on any atom is -0.378 e. The summed E-state index contributed by atoms with van der Waals surface area (Å²) in [4.78, 5) is 0. The maximum Gasteiger partial charge on any atom is 0.0477 e. The van der Waals surface area contributed by atoms with E-state index in [0.29, 0.717) is 6.04 Å². The molecule has 1 aromatic carbocycles. The molecule has 1 aliphatic heterocycles. The van der Waals surface area contributed by atoms with Crippen LogP contribution < -0.4 is 5.32 Å². The van der Waals surface area contributed by atoms with Crippen LogP contribution in [0, 0.1) is 0 Å². The molecule has 1 aromatic rings. The first kappa shape index (κ1) is 12.2. The first-order valence-corrected chi connectivity index (χ1v) is 6.91. The zero-order valence-corrected chi connectivity index (χ0v) is 11.0. The van der Waals surface area contributed by atoms with E-state index in [0.717, 1.165) is 0 Å². The fourth-order valence-corrected chi connectivity index (χ4v) is 2.54. The third kappa shape index (κ3) is 2.91. The summed E-state index contributed by atoms with van der Waals surface area (Å²) < 4.78 is 0. The Hall–Kier alpha value is -1.24. The third-order valence-electron chi connectivity index (χ3n) is 3.46. The Labute approximate surface area is 105 Å². The van der Waals surface area contributed by atoms with E-state index in [1.54, 1.807) is 5.57 Å². The lowest BCUT2D eigenvalue weighted by Crippen LogP contribution is -2.25. The molecular formula is C16H23N. The van der Waals surface area contributed by atoms with Crippen molar-refractivity contribution in [1.29, 1.82) is 0 Å². The van der Waals surface area contributed by atoms with Crippen molar-refractivity contribution in [3.8, 4) is 0 Å². The lowest BCUT2D eigenvalue weighted by molar-refractivity contribution is 0.639. The Morgan fingerprint density at radius 3 is 2.71 bits per heavy atom. The van der Waals surface area contributed by atoms with Gasteiger partial charge >= 0.3 is 0 Å². The highest BCUT2D eigenvalue weighted by Gasteiger charge is 2.18. The number of anilines is 1. The van der Waals surface area contributed by atoms with Crippen LogP contribution in [0.25, 0.3) is 6.08 Å². The van der Waals surface area contributed by atoms with E-state index in [2.05, 4.69) is 49.5 Å². The highest BCUT2D eigenvalue weighted by atomic mass is 14.9. The number of hydrogen-bond acceptors (Lipinski definition) is 1. The van der Waals surface area contributed by atoms with E-state index in [-0.39, 0.29) is 0 Å². The van der Waals surface area contributed by atoms with E-state index in [1.165, 1.54) is 43.4 Å². The molecule has 17 heavy (non-hydrogen) atoms. The summed E-state index contributed by atoms with van der Waals surface area (Å²) in [5, 5.41) is 3.70. The van der Waals surface area contributed by atoms with Gasteiger partial charge in [0, 0.05) is 11.7 Å². The zero-order valence-electron chi connectivity index (χ0n) is 11.0. The predicted molar refractivity (Wildman–Crippen MR) is 76.3 cm³/mol. The van der Waals surface area contributed by atoms with Gasteiger partial charge in [-0.05, 0) is 30.0 Å². The Morgan fingerprint density at radius 2 is 1.94 bits per heavy atom. The molecule has 0 spiro atoms. The van der Waals surface area contributed by atoms with Crippen LogP contribution in [0.1, 0.15) is 51.5 Å². The number of para-hydroxylation sites is 1. The number of fused-ring (bicyclic) bond motifs is 1. The SMILES string of the molecule is CCCCC1Nc2ccccc2C=C1CCC. The van der Waals surface area contributed by atoms with Crippen molar-refractivity contribution in [3.63, 3.8) is 0 Å². The third-order valence-corrected chi connectivity index (χ3v) is 3.46. The summed E-state index contributed by atoms with van der Waals surface area (Å²) >= 11 is 0. The Bertz CT molecular complexity index is 392. The quantitative estimate of drug-likeness (QED) is 0.760. The normalized spacial score (nSPS) is 18.2. The molecule has 0 amide bonds. The standard InChI is InChI=1S/C16H23N/c1-3-5-10-15-13(8-4-2)12-14-9-6-7-11-16(14)17-15/h6-7,9,11-12,15,17H,3-5,8,10H2,1-2H3. The molecule has 0 aromatic heterocycles. The first-order valence-electron chi connectivity index (χ1n) is 6.91. The van der Waals surface area contributed by atoms with Gasteiger partial charge in [0.05, 0.1) is 0 Å². The van der Waals surface area contributed by atoms with Crippen LogP contribution in [-0.2, 0) is 0 Å². The molecule has 92 valence electrons. The summed E-state index contributed by atoms with van der Waals surface area (Å²) in [5.74, 6) is 0. The maximum atomic E-state index is 3.70. The summed E-state index contributed by atoms with van der Waals surface area (Å²) in [7, 11) is 0. The van der Waals surface area contributed by atoms with Crippen LogP contribution in [0.4, 0.5) is 5.69 Å². The molecule has 0 bridgehead atoms. The monoisotopic (exact) mass is 229 g/mol.